The molecule has 1 heterocycles. The Morgan fingerprint density at radius 3 is 2.59 bits per heavy atom. The summed E-state index contributed by atoms with van der Waals surface area (Å²) >= 11 is 0. The Kier molecular flexibility index (Phi) is 7.09. The van der Waals surface area contributed by atoms with Crippen molar-refractivity contribution in [3.8, 4) is 0 Å². The lowest BCUT2D eigenvalue weighted by atomic mass is 10.1. The minimum absolute atomic E-state index is 0.0311. The first-order chi connectivity index (χ1) is 12.7. The van der Waals surface area contributed by atoms with Crippen molar-refractivity contribution in [2.45, 2.75) is 44.4 Å². The van der Waals surface area contributed by atoms with Gasteiger partial charge in [-0.15, -0.1) is 0 Å². The Hall–Kier alpha value is -2.26. The van der Waals surface area contributed by atoms with Gasteiger partial charge in [-0.25, -0.2) is 13.1 Å². The predicted molar refractivity (Wildman–Crippen MR) is 97.3 cm³/mol. The van der Waals surface area contributed by atoms with Gasteiger partial charge in [-0.05, 0) is 49.9 Å². The molecule has 1 N–H and O–H groups in total. The highest BCUT2D eigenvalue weighted by Crippen LogP contribution is 2.14. The summed E-state index contributed by atoms with van der Waals surface area (Å²) < 4.78 is 31.7. The van der Waals surface area contributed by atoms with Gasteiger partial charge in [-0.2, -0.15) is 0 Å². The van der Waals surface area contributed by atoms with E-state index in [0.29, 0.717) is 19.4 Å². The molecule has 0 saturated carbocycles. The number of amides is 2. The lowest BCUT2D eigenvalue weighted by Crippen LogP contribution is -2.35. The number of rotatable bonds is 8. The molecule has 9 heteroatoms. The van der Waals surface area contributed by atoms with Gasteiger partial charge >= 0.3 is 5.97 Å². The van der Waals surface area contributed by atoms with Gasteiger partial charge in [0.1, 0.15) is 0 Å². The second-order valence-corrected chi connectivity index (χ2v) is 8.22. The van der Waals surface area contributed by atoms with Crippen LogP contribution < -0.4 is 4.72 Å². The van der Waals surface area contributed by atoms with Gasteiger partial charge in [-0.3, -0.25) is 19.3 Å². The van der Waals surface area contributed by atoms with Crippen molar-refractivity contribution in [2.24, 2.45) is 0 Å². The number of carbonyl (C=O) groups is 3. The van der Waals surface area contributed by atoms with E-state index in [2.05, 4.69) is 4.72 Å². The second-order valence-electron chi connectivity index (χ2n) is 6.45. The number of aryl methyl sites for hydroxylation is 2. The van der Waals surface area contributed by atoms with Crippen molar-refractivity contribution in [2.75, 3.05) is 19.7 Å². The Bertz CT molecular complexity index is 834. The van der Waals surface area contributed by atoms with Crippen LogP contribution in [0, 0.1) is 13.8 Å². The summed E-state index contributed by atoms with van der Waals surface area (Å²) in [6.45, 7) is 3.69. The van der Waals surface area contributed by atoms with Gasteiger partial charge in [-0.1, -0.05) is 6.07 Å². The second kappa shape index (κ2) is 9.09. The van der Waals surface area contributed by atoms with Crippen LogP contribution >= 0.6 is 0 Å². The van der Waals surface area contributed by atoms with E-state index in [-0.39, 0.29) is 30.2 Å². The molecular weight excluding hydrogens is 372 g/mol. The van der Waals surface area contributed by atoms with E-state index in [1.54, 1.807) is 12.1 Å². The smallest absolute Gasteiger partial charge is 0.306 e. The summed E-state index contributed by atoms with van der Waals surface area (Å²) in [4.78, 5) is 36.1. The molecule has 148 valence electrons. The van der Waals surface area contributed by atoms with E-state index < -0.39 is 28.5 Å². The molecule has 1 aromatic carbocycles. The topological polar surface area (TPSA) is 110 Å². The number of sulfonamides is 1. The summed E-state index contributed by atoms with van der Waals surface area (Å²) in [5.41, 5.74) is 1.88. The summed E-state index contributed by atoms with van der Waals surface area (Å²) in [7, 11) is -3.64. The average Bonchev–Trinajstić information content (AvgIpc) is 3.05. The maximum Gasteiger partial charge on any atom is 0.306 e. The highest BCUT2D eigenvalue weighted by Gasteiger charge is 2.26. The SMILES string of the molecule is Cc1ccc(S(=O)(=O)NCCCC(=O)OCC(=O)N2CCCC2=O)cc1C. The lowest BCUT2D eigenvalue weighted by Gasteiger charge is -2.13. The standard InChI is InChI=1S/C18H24N2O6S/c1-13-7-8-15(11-14(13)2)27(24,25)19-9-3-6-18(23)26-12-17(22)20-10-4-5-16(20)21/h7-8,11,19H,3-6,9-10,12H2,1-2H3. The predicted octanol–water partition coefficient (Wildman–Crippen LogP) is 1.05. The largest absolute Gasteiger partial charge is 0.456 e. The quantitative estimate of drug-likeness (QED) is 0.520. The summed E-state index contributed by atoms with van der Waals surface area (Å²) in [5, 5.41) is 0. The van der Waals surface area contributed by atoms with Gasteiger partial charge in [0, 0.05) is 25.9 Å². The maximum atomic E-state index is 12.2. The minimum atomic E-state index is -3.64. The number of benzene rings is 1. The van der Waals surface area contributed by atoms with Crippen molar-refractivity contribution in [3.63, 3.8) is 0 Å². The van der Waals surface area contributed by atoms with Crippen LogP contribution in [0.1, 0.15) is 36.8 Å². The third-order valence-electron chi connectivity index (χ3n) is 4.37. The molecule has 1 aliphatic heterocycles. The van der Waals surface area contributed by atoms with Crippen LogP contribution in [0.25, 0.3) is 0 Å². The van der Waals surface area contributed by atoms with E-state index in [1.165, 1.54) is 6.07 Å². The van der Waals surface area contributed by atoms with Crippen LogP contribution in [0.15, 0.2) is 23.1 Å². The number of nitrogens with zero attached hydrogens (tertiary/aromatic N) is 1. The number of nitrogens with one attached hydrogen (secondary N) is 1. The fourth-order valence-corrected chi connectivity index (χ4v) is 3.77. The van der Waals surface area contributed by atoms with Gasteiger partial charge in [0.05, 0.1) is 4.90 Å². The number of hydrogen-bond donors (Lipinski definition) is 1. The Labute approximate surface area is 158 Å². The highest BCUT2D eigenvalue weighted by atomic mass is 32.2. The van der Waals surface area contributed by atoms with Gasteiger partial charge in [0.25, 0.3) is 5.91 Å². The molecule has 0 aromatic heterocycles. The first kappa shape index (κ1) is 21.0. The first-order valence-electron chi connectivity index (χ1n) is 8.76. The molecule has 2 amide bonds. The zero-order valence-corrected chi connectivity index (χ0v) is 16.3. The molecule has 0 spiro atoms. The zero-order chi connectivity index (χ0) is 20.0. The normalized spacial score (nSPS) is 14.4. The van der Waals surface area contributed by atoms with Crippen molar-refractivity contribution < 1.29 is 27.5 Å². The third kappa shape index (κ3) is 5.86. The first-order valence-corrected chi connectivity index (χ1v) is 10.2. The number of carbonyl (C=O) groups excluding carboxylic acids is 3. The Morgan fingerprint density at radius 2 is 1.96 bits per heavy atom. The van der Waals surface area contributed by atoms with Gasteiger partial charge in [0.2, 0.25) is 15.9 Å². The number of esters is 1. The fraction of sp³-hybridized carbons (Fsp3) is 0.500. The van der Waals surface area contributed by atoms with Crippen molar-refractivity contribution in [1.29, 1.82) is 0 Å². The zero-order valence-electron chi connectivity index (χ0n) is 15.5. The molecule has 1 aromatic rings. The van der Waals surface area contributed by atoms with Gasteiger partial charge in [0.15, 0.2) is 6.61 Å². The molecule has 0 bridgehead atoms. The average molecular weight is 396 g/mol. The van der Waals surface area contributed by atoms with Crippen LogP contribution in [-0.2, 0) is 29.1 Å². The highest BCUT2D eigenvalue weighted by molar-refractivity contribution is 7.89. The maximum absolute atomic E-state index is 12.2. The molecule has 1 saturated heterocycles. The molecule has 0 atom stereocenters. The van der Waals surface area contributed by atoms with Crippen LogP contribution in [0.2, 0.25) is 0 Å². The lowest BCUT2D eigenvalue weighted by molar-refractivity contribution is -0.154. The molecule has 0 aliphatic carbocycles. The molecule has 1 fully saturated rings. The Balaban J connectivity index is 1.71. The van der Waals surface area contributed by atoms with Crippen LogP contribution in [0.5, 0.6) is 0 Å². The Morgan fingerprint density at radius 1 is 1.22 bits per heavy atom. The monoisotopic (exact) mass is 396 g/mol. The van der Waals surface area contributed by atoms with Crippen LogP contribution in [-0.4, -0.2) is 50.8 Å². The number of ether oxygens (including phenoxy) is 1. The molecule has 1 aliphatic rings. The van der Waals surface area contributed by atoms with Crippen molar-refractivity contribution in [1.82, 2.24) is 9.62 Å². The van der Waals surface area contributed by atoms with E-state index in [0.717, 1.165) is 16.0 Å². The van der Waals surface area contributed by atoms with Crippen LogP contribution in [0.4, 0.5) is 0 Å². The molecule has 0 radical (unpaired) electrons. The van der Waals surface area contributed by atoms with E-state index in [4.69, 9.17) is 4.74 Å². The number of likely N-dealkylation sites (tertiary alicyclic amines) is 1. The number of imide groups is 1. The summed E-state index contributed by atoms with van der Waals surface area (Å²) in [6, 6.07) is 4.87. The van der Waals surface area contributed by atoms with Gasteiger partial charge < -0.3 is 4.74 Å². The number of hydrogen-bond acceptors (Lipinski definition) is 6. The third-order valence-corrected chi connectivity index (χ3v) is 5.83. The molecular formula is C18H24N2O6S. The van der Waals surface area contributed by atoms with E-state index in [9.17, 15) is 22.8 Å². The summed E-state index contributed by atoms with van der Waals surface area (Å²) in [5.74, 6) is -1.39. The summed E-state index contributed by atoms with van der Waals surface area (Å²) in [6.07, 6.45) is 1.16. The molecule has 27 heavy (non-hydrogen) atoms. The molecule has 8 nitrogen and oxygen atoms in total. The van der Waals surface area contributed by atoms with Crippen LogP contribution in [0.3, 0.4) is 0 Å². The van der Waals surface area contributed by atoms with E-state index >= 15 is 0 Å². The minimum Gasteiger partial charge on any atom is -0.456 e. The fourth-order valence-electron chi connectivity index (χ4n) is 2.61. The van der Waals surface area contributed by atoms with Crippen molar-refractivity contribution in [3.05, 3.63) is 29.3 Å². The molecule has 2 rings (SSSR count). The van der Waals surface area contributed by atoms with Crippen molar-refractivity contribution >= 4 is 27.8 Å². The molecule has 0 unspecified atom stereocenters. The van der Waals surface area contributed by atoms with E-state index in [1.807, 2.05) is 13.8 Å².